The van der Waals surface area contributed by atoms with Crippen molar-refractivity contribution < 1.29 is 24.3 Å². The van der Waals surface area contributed by atoms with Gasteiger partial charge in [-0.3, -0.25) is 4.90 Å². The van der Waals surface area contributed by atoms with Crippen molar-refractivity contribution in [3.63, 3.8) is 0 Å². The highest BCUT2D eigenvalue weighted by molar-refractivity contribution is 7.10. The van der Waals surface area contributed by atoms with Gasteiger partial charge in [0.05, 0.1) is 31.1 Å². The fourth-order valence-corrected chi connectivity index (χ4v) is 3.40. The van der Waals surface area contributed by atoms with E-state index in [1.165, 1.54) is 11.3 Å². The molecule has 6 nitrogen and oxygen atoms in total. The molecule has 7 heteroatoms. The molecule has 2 heterocycles. The SMILES string of the molecule is CC(C)(C)OC(=O)N1CC[NH+]([C@@H](C(=O)[O-])c2cccs2)CC1. The Labute approximate surface area is 134 Å². The maximum Gasteiger partial charge on any atom is 0.410 e. The second kappa shape index (κ2) is 6.66. The Hall–Kier alpha value is -1.60. The Balaban J connectivity index is 1.96. The minimum Gasteiger partial charge on any atom is -0.544 e. The molecule has 1 N–H and O–H groups in total. The number of nitrogens with zero attached hydrogens (tertiary/aromatic N) is 1. The van der Waals surface area contributed by atoms with E-state index in [1.54, 1.807) is 4.90 Å². The van der Waals surface area contributed by atoms with Crippen LogP contribution in [0, 0.1) is 0 Å². The summed E-state index contributed by atoms with van der Waals surface area (Å²) >= 11 is 1.42. The van der Waals surface area contributed by atoms with E-state index in [0.29, 0.717) is 26.2 Å². The van der Waals surface area contributed by atoms with Crippen LogP contribution in [0.2, 0.25) is 0 Å². The third-order valence-corrected chi connectivity index (χ3v) is 4.47. The molecule has 2 rings (SSSR count). The summed E-state index contributed by atoms with van der Waals surface area (Å²) in [6.45, 7) is 7.59. The van der Waals surface area contributed by atoms with E-state index >= 15 is 0 Å². The molecule has 1 aliphatic heterocycles. The van der Waals surface area contributed by atoms with Crippen molar-refractivity contribution in [2.45, 2.75) is 32.4 Å². The molecule has 22 heavy (non-hydrogen) atoms. The maximum atomic E-state index is 12.0. The number of rotatable bonds is 3. The first-order chi connectivity index (χ1) is 10.3. The van der Waals surface area contributed by atoms with Crippen molar-refractivity contribution in [2.24, 2.45) is 0 Å². The van der Waals surface area contributed by atoms with E-state index in [0.717, 1.165) is 9.78 Å². The summed E-state index contributed by atoms with van der Waals surface area (Å²) in [6, 6.07) is 2.99. The van der Waals surface area contributed by atoms with Crippen LogP contribution in [0.1, 0.15) is 31.7 Å². The monoisotopic (exact) mass is 326 g/mol. The van der Waals surface area contributed by atoms with Crippen LogP contribution in [0.5, 0.6) is 0 Å². The van der Waals surface area contributed by atoms with E-state index < -0.39 is 17.6 Å². The number of ether oxygens (including phenoxy) is 1. The molecule has 1 aliphatic rings. The molecule has 0 aromatic carbocycles. The number of carbonyl (C=O) groups excluding carboxylic acids is 2. The van der Waals surface area contributed by atoms with Gasteiger partial charge in [0.1, 0.15) is 11.6 Å². The van der Waals surface area contributed by atoms with E-state index in [9.17, 15) is 14.7 Å². The molecule has 1 fully saturated rings. The Morgan fingerprint density at radius 3 is 2.45 bits per heavy atom. The zero-order valence-electron chi connectivity index (χ0n) is 13.1. The molecule has 1 amide bonds. The molecular weight excluding hydrogens is 304 g/mol. The van der Waals surface area contributed by atoms with Crippen molar-refractivity contribution in [3.8, 4) is 0 Å². The van der Waals surface area contributed by atoms with Crippen LogP contribution >= 0.6 is 11.3 Å². The van der Waals surface area contributed by atoms with Crippen LogP contribution in [0.3, 0.4) is 0 Å². The van der Waals surface area contributed by atoms with Gasteiger partial charge >= 0.3 is 6.09 Å². The number of piperazine rings is 1. The van der Waals surface area contributed by atoms with Gasteiger partial charge in [-0.25, -0.2) is 4.79 Å². The third-order valence-electron chi connectivity index (χ3n) is 3.53. The van der Waals surface area contributed by atoms with Crippen molar-refractivity contribution in [1.82, 2.24) is 4.90 Å². The lowest BCUT2D eigenvalue weighted by Gasteiger charge is -2.37. The van der Waals surface area contributed by atoms with Crippen molar-refractivity contribution in [3.05, 3.63) is 22.4 Å². The first-order valence-electron chi connectivity index (χ1n) is 7.34. The second-order valence-electron chi connectivity index (χ2n) is 6.39. The number of carboxylic acids is 1. The highest BCUT2D eigenvalue weighted by Gasteiger charge is 2.33. The van der Waals surface area contributed by atoms with Crippen LogP contribution in [-0.2, 0) is 9.53 Å². The van der Waals surface area contributed by atoms with E-state index in [-0.39, 0.29) is 6.09 Å². The predicted molar refractivity (Wildman–Crippen MR) is 80.6 cm³/mol. The van der Waals surface area contributed by atoms with Gasteiger partial charge in [-0.05, 0) is 32.2 Å². The van der Waals surface area contributed by atoms with Gasteiger partial charge < -0.3 is 19.5 Å². The summed E-state index contributed by atoms with van der Waals surface area (Å²) in [5, 5.41) is 13.3. The van der Waals surface area contributed by atoms with E-state index in [4.69, 9.17) is 4.74 Å². The molecule has 0 aliphatic carbocycles. The average Bonchev–Trinajstić information content (AvgIpc) is 2.91. The standard InChI is InChI=1S/C15H22N2O4S/c1-15(2,3)21-14(20)17-8-6-16(7-9-17)12(13(18)19)11-5-4-10-22-11/h4-5,10,12H,6-9H2,1-3H3,(H,18,19)/t12-/m1/s1. The Kier molecular flexibility index (Phi) is 5.08. The number of hydrogen-bond acceptors (Lipinski definition) is 5. The summed E-state index contributed by atoms with van der Waals surface area (Å²) in [5.74, 6) is -1.07. The lowest BCUT2D eigenvalue weighted by Crippen LogP contribution is -3.16. The van der Waals surface area contributed by atoms with Gasteiger partial charge in [0.2, 0.25) is 0 Å². The molecule has 122 valence electrons. The fourth-order valence-electron chi connectivity index (χ4n) is 2.53. The van der Waals surface area contributed by atoms with Crippen molar-refractivity contribution >= 4 is 23.4 Å². The summed E-state index contributed by atoms with van der Waals surface area (Å²) < 4.78 is 5.34. The molecule has 1 atom stereocenters. The fraction of sp³-hybridized carbons (Fsp3) is 0.600. The van der Waals surface area contributed by atoms with E-state index in [2.05, 4.69) is 0 Å². The van der Waals surface area contributed by atoms with Crippen LogP contribution in [0.15, 0.2) is 17.5 Å². The summed E-state index contributed by atoms with van der Waals surface area (Å²) in [6.07, 6.45) is -0.340. The smallest absolute Gasteiger partial charge is 0.410 e. The molecule has 0 saturated carbocycles. The second-order valence-corrected chi connectivity index (χ2v) is 7.37. The Bertz CT molecular complexity index is 516. The van der Waals surface area contributed by atoms with Crippen molar-refractivity contribution in [1.29, 1.82) is 0 Å². The van der Waals surface area contributed by atoms with Crippen LogP contribution in [-0.4, -0.2) is 48.7 Å². The van der Waals surface area contributed by atoms with Gasteiger partial charge in [0, 0.05) is 0 Å². The molecule has 1 aromatic rings. The summed E-state index contributed by atoms with van der Waals surface area (Å²) in [4.78, 5) is 26.8. The molecule has 1 aromatic heterocycles. The highest BCUT2D eigenvalue weighted by Crippen LogP contribution is 2.16. The molecule has 1 saturated heterocycles. The van der Waals surface area contributed by atoms with Gasteiger partial charge in [-0.2, -0.15) is 0 Å². The predicted octanol–water partition coefficient (Wildman–Crippen LogP) is -0.325. The van der Waals surface area contributed by atoms with E-state index in [1.807, 2.05) is 38.3 Å². The largest absolute Gasteiger partial charge is 0.544 e. The first kappa shape index (κ1) is 16.8. The normalized spacial score (nSPS) is 18.0. The number of nitrogens with one attached hydrogen (secondary N) is 1. The molecule has 0 radical (unpaired) electrons. The average molecular weight is 326 g/mol. The van der Waals surface area contributed by atoms with Gasteiger partial charge in [0.25, 0.3) is 0 Å². The lowest BCUT2D eigenvalue weighted by atomic mass is 10.1. The molecular formula is C15H22N2O4S. The lowest BCUT2D eigenvalue weighted by molar-refractivity contribution is -0.928. The van der Waals surface area contributed by atoms with Gasteiger partial charge in [0.15, 0.2) is 6.04 Å². The Morgan fingerprint density at radius 1 is 1.36 bits per heavy atom. The molecule has 0 unspecified atom stereocenters. The van der Waals surface area contributed by atoms with Gasteiger partial charge in [-0.1, -0.05) is 6.07 Å². The Morgan fingerprint density at radius 2 is 2.00 bits per heavy atom. The minimum absolute atomic E-state index is 0.340. The number of carbonyl (C=O) groups is 2. The van der Waals surface area contributed by atoms with Gasteiger partial charge in [-0.15, -0.1) is 11.3 Å². The number of quaternary nitrogens is 1. The summed E-state index contributed by atoms with van der Waals surface area (Å²) in [7, 11) is 0. The highest BCUT2D eigenvalue weighted by atomic mass is 32.1. The maximum absolute atomic E-state index is 12.0. The number of aliphatic carboxylic acids is 1. The minimum atomic E-state index is -1.07. The first-order valence-corrected chi connectivity index (χ1v) is 8.22. The molecule has 0 bridgehead atoms. The molecule has 0 spiro atoms. The quantitative estimate of drug-likeness (QED) is 0.826. The zero-order valence-corrected chi connectivity index (χ0v) is 13.9. The third kappa shape index (κ3) is 4.20. The van der Waals surface area contributed by atoms with Crippen LogP contribution in [0.25, 0.3) is 0 Å². The van der Waals surface area contributed by atoms with Crippen LogP contribution < -0.4 is 10.0 Å². The number of amides is 1. The zero-order chi connectivity index (χ0) is 16.3. The summed E-state index contributed by atoms with van der Waals surface area (Å²) in [5.41, 5.74) is -0.522. The number of carboxylic acid groups (broad SMARTS) is 1. The number of thiophene rings is 1. The topological polar surface area (TPSA) is 74.1 Å². The van der Waals surface area contributed by atoms with Crippen LogP contribution in [0.4, 0.5) is 4.79 Å². The number of hydrogen-bond donors (Lipinski definition) is 1. The van der Waals surface area contributed by atoms with Crippen molar-refractivity contribution in [2.75, 3.05) is 26.2 Å².